The lowest BCUT2D eigenvalue weighted by atomic mass is 9.82. The minimum Gasteiger partial charge on any atom is -0.326 e. The monoisotopic (exact) mass is 485 g/mol. The molecule has 190 valence electrons. The van der Waals surface area contributed by atoms with E-state index in [1.165, 1.54) is 62.5 Å². The number of hydrogen-bond donors (Lipinski definition) is 1. The van der Waals surface area contributed by atoms with Gasteiger partial charge in [0, 0.05) is 12.1 Å². The Labute approximate surface area is 207 Å². The first-order valence-corrected chi connectivity index (χ1v) is 13.5. The van der Waals surface area contributed by atoms with Gasteiger partial charge in [0.1, 0.15) is 0 Å². The fourth-order valence-electron chi connectivity index (χ4n) is 5.81. The zero-order chi connectivity index (χ0) is 24.7. The average Bonchev–Trinajstić information content (AvgIpc) is 2.88. The third-order valence-electron chi connectivity index (χ3n) is 7.92. The van der Waals surface area contributed by atoms with Gasteiger partial charge in [-0.3, -0.25) is 4.79 Å². The van der Waals surface area contributed by atoms with E-state index >= 15 is 0 Å². The van der Waals surface area contributed by atoms with Crippen molar-refractivity contribution in [2.75, 3.05) is 5.32 Å². The molecule has 0 heterocycles. The molecule has 1 amide bonds. The minimum atomic E-state index is -4.30. The maximum absolute atomic E-state index is 12.8. The first-order valence-electron chi connectivity index (χ1n) is 13.5. The van der Waals surface area contributed by atoms with Crippen LogP contribution in [0, 0.1) is 5.92 Å². The predicted molar refractivity (Wildman–Crippen MR) is 136 cm³/mol. The van der Waals surface area contributed by atoms with Gasteiger partial charge in [0.2, 0.25) is 5.91 Å². The summed E-state index contributed by atoms with van der Waals surface area (Å²) in [4.78, 5) is 12.8. The van der Waals surface area contributed by atoms with Crippen molar-refractivity contribution >= 4 is 11.6 Å². The second kappa shape index (κ2) is 12.1. The Kier molecular flexibility index (Phi) is 8.91. The van der Waals surface area contributed by atoms with Crippen LogP contribution in [0.5, 0.6) is 0 Å². The van der Waals surface area contributed by atoms with Gasteiger partial charge >= 0.3 is 6.18 Å². The summed E-state index contributed by atoms with van der Waals surface area (Å²) < 4.78 is 38.5. The maximum Gasteiger partial charge on any atom is 0.416 e. The lowest BCUT2D eigenvalue weighted by Crippen LogP contribution is -2.17. The first-order chi connectivity index (χ1) is 16.9. The molecule has 2 aliphatic carbocycles. The van der Waals surface area contributed by atoms with Gasteiger partial charge in [0.15, 0.2) is 0 Å². The summed E-state index contributed by atoms with van der Waals surface area (Å²) in [6, 6.07) is 11.8. The van der Waals surface area contributed by atoms with E-state index in [2.05, 4.69) is 17.4 Å². The van der Waals surface area contributed by atoms with Crippen molar-refractivity contribution < 1.29 is 18.0 Å². The Morgan fingerprint density at radius 3 is 2.06 bits per heavy atom. The van der Waals surface area contributed by atoms with Crippen LogP contribution in [-0.4, -0.2) is 5.91 Å². The maximum atomic E-state index is 12.8. The van der Waals surface area contributed by atoms with Crippen LogP contribution in [0.2, 0.25) is 0 Å². The molecule has 4 rings (SSSR count). The highest BCUT2D eigenvalue weighted by molar-refractivity contribution is 5.91. The molecule has 0 saturated heterocycles. The van der Waals surface area contributed by atoms with Crippen molar-refractivity contribution in [1.29, 1.82) is 0 Å². The van der Waals surface area contributed by atoms with Crippen molar-refractivity contribution in [2.24, 2.45) is 5.92 Å². The molecule has 2 aliphatic rings. The molecule has 35 heavy (non-hydrogen) atoms. The molecule has 0 aliphatic heterocycles. The molecule has 0 spiro atoms. The number of carbonyl (C=O) groups excluding carboxylic acids is 1. The van der Waals surface area contributed by atoms with E-state index < -0.39 is 11.7 Å². The van der Waals surface area contributed by atoms with Crippen LogP contribution in [0.3, 0.4) is 0 Å². The highest BCUT2D eigenvalue weighted by atomic mass is 19.4. The topological polar surface area (TPSA) is 29.1 Å². The minimum absolute atomic E-state index is 0.116. The van der Waals surface area contributed by atoms with Crippen molar-refractivity contribution in [3.8, 4) is 0 Å². The first kappa shape index (κ1) is 25.8. The van der Waals surface area contributed by atoms with Crippen molar-refractivity contribution in [3.63, 3.8) is 0 Å². The molecule has 0 unspecified atom stereocenters. The standard InChI is InChI=1S/C30H38F3NO/c31-30(32,33)26-17-13-23(14-18-26)11-12-24-15-19-28(27(21-24)25-9-5-2-6-10-25)34-29(35)20-16-22-7-3-1-4-8-22/h13-15,17-19,21-22,25H,1-12,16,20H2,(H,34,35). The fraction of sp³-hybridized carbons (Fsp3) is 0.567. The molecule has 2 aromatic rings. The number of alkyl halides is 3. The zero-order valence-corrected chi connectivity index (χ0v) is 20.6. The van der Waals surface area contributed by atoms with Crippen LogP contribution < -0.4 is 5.32 Å². The number of halogens is 3. The fourth-order valence-corrected chi connectivity index (χ4v) is 5.81. The van der Waals surface area contributed by atoms with Gasteiger partial charge in [-0.15, -0.1) is 0 Å². The van der Waals surface area contributed by atoms with Gasteiger partial charge in [-0.1, -0.05) is 75.6 Å². The number of carbonyl (C=O) groups is 1. The van der Waals surface area contributed by atoms with Gasteiger partial charge in [0.25, 0.3) is 0 Å². The molecule has 0 atom stereocenters. The molecular weight excluding hydrogens is 447 g/mol. The van der Waals surface area contributed by atoms with Crippen LogP contribution in [0.25, 0.3) is 0 Å². The number of amides is 1. The summed E-state index contributed by atoms with van der Waals surface area (Å²) in [5, 5.41) is 3.22. The Bertz CT molecular complexity index is 955. The van der Waals surface area contributed by atoms with Crippen LogP contribution in [0.4, 0.5) is 18.9 Å². The van der Waals surface area contributed by atoms with Gasteiger partial charge in [-0.05, 0) is 78.8 Å². The second-order valence-corrected chi connectivity index (χ2v) is 10.5. The third kappa shape index (κ3) is 7.59. The predicted octanol–water partition coefficient (Wildman–Crippen LogP) is 8.84. The summed E-state index contributed by atoms with van der Waals surface area (Å²) in [5.74, 6) is 1.27. The van der Waals surface area contributed by atoms with Gasteiger partial charge in [0.05, 0.1) is 5.56 Å². The summed E-state index contributed by atoms with van der Waals surface area (Å²) >= 11 is 0. The molecule has 0 radical (unpaired) electrons. The van der Waals surface area contributed by atoms with E-state index in [1.807, 2.05) is 6.07 Å². The van der Waals surface area contributed by atoms with Gasteiger partial charge < -0.3 is 5.32 Å². The quantitative estimate of drug-likeness (QED) is 0.397. The number of nitrogens with one attached hydrogen (secondary N) is 1. The summed E-state index contributed by atoms with van der Waals surface area (Å²) in [6.07, 6.45) is 11.2. The van der Waals surface area contributed by atoms with E-state index in [1.54, 1.807) is 12.1 Å². The largest absolute Gasteiger partial charge is 0.416 e. The zero-order valence-electron chi connectivity index (χ0n) is 20.6. The van der Waals surface area contributed by atoms with E-state index in [0.29, 0.717) is 24.7 Å². The van der Waals surface area contributed by atoms with Gasteiger partial charge in [-0.2, -0.15) is 13.2 Å². The van der Waals surface area contributed by atoms with Crippen LogP contribution in [-0.2, 0) is 23.8 Å². The summed E-state index contributed by atoms with van der Waals surface area (Å²) in [7, 11) is 0. The SMILES string of the molecule is O=C(CCC1CCCCC1)Nc1ccc(CCc2ccc(C(F)(F)F)cc2)cc1C1CCCCC1. The van der Waals surface area contributed by atoms with Crippen molar-refractivity contribution in [1.82, 2.24) is 0 Å². The smallest absolute Gasteiger partial charge is 0.326 e. The lowest BCUT2D eigenvalue weighted by Gasteiger charge is -2.25. The lowest BCUT2D eigenvalue weighted by molar-refractivity contribution is -0.137. The molecule has 2 nitrogen and oxygen atoms in total. The Morgan fingerprint density at radius 1 is 0.800 bits per heavy atom. The summed E-state index contributed by atoms with van der Waals surface area (Å²) in [5.41, 5.74) is 3.65. The molecule has 5 heteroatoms. The van der Waals surface area contributed by atoms with Crippen molar-refractivity contribution in [3.05, 3.63) is 64.7 Å². The van der Waals surface area contributed by atoms with E-state index in [9.17, 15) is 18.0 Å². The number of aryl methyl sites for hydroxylation is 2. The normalized spacial score (nSPS) is 17.9. The highest BCUT2D eigenvalue weighted by Crippen LogP contribution is 2.37. The van der Waals surface area contributed by atoms with Crippen molar-refractivity contribution in [2.45, 2.75) is 102 Å². The molecule has 0 aromatic heterocycles. The Hall–Kier alpha value is -2.30. The molecular formula is C30H38F3NO. The Balaban J connectivity index is 1.41. The van der Waals surface area contributed by atoms with E-state index in [4.69, 9.17) is 0 Å². The number of benzene rings is 2. The second-order valence-electron chi connectivity index (χ2n) is 10.5. The Morgan fingerprint density at radius 2 is 1.40 bits per heavy atom. The number of hydrogen-bond acceptors (Lipinski definition) is 1. The van der Waals surface area contributed by atoms with Gasteiger partial charge in [-0.25, -0.2) is 0 Å². The number of rotatable bonds is 8. The molecule has 2 aromatic carbocycles. The third-order valence-corrected chi connectivity index (χ3v) is 7.92. The van der Waals surface area contributed by atoms with Crippen LogP contribution >= 0.6 is 0 Å². The summed E-state index contributed by atoms with van der Waals surface area (Å²) in [6.45, 7) is 0. The number of anilines is 1. The molecule has 2 saturated carbocycles. The molecule has 2 fully saturated rings. The van der Waals surface area contributed by atoms with Crippen LogP contribution in [0.1, 0.15) is 105 Å². The molecule has 1 N–H and O–H groups in total. The highest BCUT2D eigenvalue weighted by Gasteiger charge is 2.30. The van der Waals surface area contributed by atoms with E-state index in [-0.39, 0.29) is 5.91 Å². The average molecular weight is 486 g/mol. The van der Waals surface area contributed by atoms with E-state index in [0.717, 1.165) is 49.1 Å². The van der Waals surface area contributed by atoms with Crippen LogP contribution in [0.15, 0.2) is 42.5 Å². The molecule has 0 bridgehead atoms.